The van der Waals surface area contributed by atoms with Crippen molar-refractivity contribution in [1.29, 1.82) is 0 Å². The van der Waals surface area contributed by atoms with Crippen molar-refractivity contribution in [3.63, 3.8) is 0 Å². The average Bonchev–Trinajstić information content (AvgIpc) is 3.17. The second-order valence-electron chi connectivity index (χ2n) is 4.99. The van der Waals surface area contributed by atoms with Gasteiger partial charge in [0, 0.05) is 29.9 Å². The van der Waals surface area contributed by atoms with Gasteiger partial charge in [0.1, 0.15) is 12.4 Å². The molecule has 114 valence electrons. The molecular weight excluding hydrogens is 282 g/mol. The Morgan fingerprint density at radius 3 is 2.82 bits per heavy atom. The van der Waals surface area contributed by atoms with Gasteiger partial charge < -0.3 is 19.2 Å². The van der Waals surface area contributed by atoms with Gasteiger partial charge in [0.2, 0.25) is 0 Å². The van der Waals surface area contributed by atoms with E-state index >= 15 is 0 Å². The molecule has 5 nitrogen and oxygen atoms in total. The van der Waals surface area contributed by atoms with Crippen molar-refractivity contribution in [2.75, 3.05) is 12.4 Å². The van der Waals surface area contributed by atoms with Gasteiger partial charge in [-0.15, -0.1) is 0 Å². The van der Waals surface area contributed by atoms with Gasteiger partial charge in [0.05, 0.1) is 13.4 Å². The summed E-state index contributed by atoms with van der Waals surface area (Å²) < 4.78 is 16.3. The van der Waals surface area contributed by atoms with Crippen molar-refractivity contribution in [2.24, 2.45) is 0 Å². The van der Waals surface area contributed by atoms with Gasteiger partial charge in [-0.25, -0.2) is 0 Å². The maximum absolute atomic E-state index is 11.3. The van der Waals surface area contributed by atoms with Gasteiger partial charge in [0.25, 0.3) is 0 Å². The second kappa shape index (κ2) is 6.39. The zero-order chi connectivity index (χ0) is 15.4. The highest BCUT2D eigenvalue weighted by Crippen LogP contribution is 2.32. The molecule has 22 heavy (non-hydrogen) atoms. The fourth-order valence-corrected chi connectivity index (χ4v) is 2.29. The lowest BCUT2D eigenvalue weighted by atomic mass is 10.2. The van der Waals surface area contributed by atoms with E-state index in [2.05, 4.69) is 5.32 Å². The minimum absolute atomic E-state index is 0.158. The van der Waals surface area contributed by atoms with E-state index in [4.69, 9.17) is 13.9 Å². The van der Waals surface area contributed by atoms with Crippen LogP contribution in [0.5, 0.6) is 11.5 Å². The van der Waals surface area contributed by atoms with Gasteiger partial charge in [-0.2, -0.15) is 0 Å². The molecule has 1 aromatic carbocycles. The summed E-state index contributed by atoms with van der Waals surface area (Å²) in [7, 11) is 1.60. The number of rotatable bonds is 6. The van der Waals surface area contributed by atoms with Crippen LogP contribution in [-0.4, -0.2) is 12.9 Å². The molecule has 0 aliphatic heterocycles. The number of methoxy groups -OCH3 is 1. The standard InChI is InChI=1S/C17H17NO4/c1-20-16-7-5-13(18-12-4-6-14(19)9-12)10-17(16)22-11-15-3-2-8-21-15/h2-3,5,7-10,18H,4,6,11H2,1H3. The normalized spacial score (nSPS) is 13.9. The van der Waals surface area contributed by atoms with Gasteiger partial charge in [-0.05, 0) is 30.7 Å². The van der Waals surface area contributed by atoms with Crippen LogP contribution in [0.3, 0.4) is 0 Å². The number of carbonyl (C=O) groups excluding carboxylic acids is 1. The highest BCUT2D eigenvalue weighted by molar-refractivity contribution is 5.93. The van der Waals surface area contributed by atoms with Crippen molar-refractivity contribution in [1.82, 2.24) is 0 Å². The first-order valence-corrected chi connectivity index (χ1v) is 7.08. The number of ether oxygens (including phenoxy) is 2. The highest BCUT2D eigenvalue weighted by atomic mass is 16.5. The summed E-state index contributed by atoms with van der Waals surface area (Å²) in [5, 5.41) is 3.24. The van der Waals surface area contributed by atoms with E-state index in [0.29, 0.717) is 24.5 Å². The predicted octanol–water partition coefficient (Wildman–Crippen LogP) is 3.53. The smallest absolute Gasteiger partial charge is 0.163 e. The second-order valence-corrected chi connectivity index (χ2v) is 4.99. The van der Waals surface area contributed by atoms with Crippen molar-refractivity contribution >= 4 is 11.5 Å². The summed E-state index contributed by atoms with van der Waals surface area (Å²) in [4.78, 5) is 11.3. The molecule has 5 heteroatoms. The molecule has 0 saturated heterocycles. The molecule has 1 aliphatic rings. The number of carbonyl (C=O) groups is 1. The molecule has 1 heterocycles. The number of furan rings is 1. The minimum Gasteiger partial charge on any atom is -0.493 e. The predicted molar refractivity (Wildman–Crippen MR) is 82.0 cm³/mol. The Morgan fingerprint density at radius 2 is 2.14 bits per heavy atom. The fraction of sp³-hybridized carbons (Fsp3) is 0.235. The van der Waals surface area contributed by atoms with Crippen LogP contribution in [0.2, 0.25) is 0 Å². The first-order valence-electron chi connectivity index (χ1n) is 7.08. The number of allylic oxidation sites excluding steroid dienone is 2. The van der Waals surface area contributed by atoms with Crippen LogP contribution in [0.1, 0.15) is 18.6 Å². The topological polar surface area (TPSA) is 60.7 Å². The summed E-state index contributed by atoms with van der Waals surface area (Å²) >= 11 is 0. The Kier molecular flexibility index (Phi) is 4.14. The molecular formula is C17H17NO4. The van der Waals surface area contributed by atoms with Crippen LogP contribution in [-0.2, 0) is 11.4 Å². The fourth-order valence-electron chi connectivity index (χ4n) is 2.29. The highest BCUT2D eigenvalue weighted by Gasteiger charge is 2.13. The van der Waals surface area contributed by atoms with E-state index in [0.717, 1.165) is 23.6 Å². The largest absolute Gasteiger partial charge is 0.493 e. The number of ketones is 1. The third-order valence-electron chi connectivity index (χ3n) is 3.39. The number of hydrogen-bond acceptors (Lipinski definition) is 5. The van der Waals surface area contributed by atoms with Crippen LogP contribution in [0.4, 0.5) is 5.69 Å². The molecule has 0 atom stereocenters. The summed E-state index contributed by atoms with van der Waals surface area (Å²) in [6.07, 6.45) is 4.57. The maximum atomic E-state index is 11.3. The third-order valence-corrected chi connectivity index (χ3v) is 3.39. The molecule has 0 unspecified atom stereocenters. The van der Waals surface area contributed by atoms with Crippen molar-refractivity contribution in [2.45, 2.75) is 19.4 Å². The van der Waals surface area contributed by atoms with E-state index in [-0.39, 0.29) is 5.78 Å². The Hall–Kier alpha value is -2.69. The Bertz CT molecular complexity index is 689. The van der Waals surface area contributed by atoms with Crippen LogP contribution in [0, 0.1) is 0 Å². The number of nitrogens with one attached hydrogen (secondary N) is 1. The van der Waals surface area contributed by atoms with E-state index in [9.17, 15) is 4.79 Å². The summed E-state index contributed by atoms with van der Waals surface area (Å²) in [5.74, 6) is 2.16. The monoisotopic (exact) mass is 299 g/mol. The summed E-state index contributed by atoms with van der Waals surface area (Å²) in [6.45, 7) is 0.327. The Labute approximate surface area is 128 Å². The lowest BCUT2D eigenvalue weighted by Crippen LogP contribution is -2.00. The summed E-state index contributed by atoms with van der Waals surface area (Å²) in [6, 6.07) is 9.24. The Balaban J connectivity index is 1.74. The van der Waals surface area contributed by atoms with E-state index in [1.807, 2.05) is 30.3 Å². The lowest BCUT2D eigenvalue weighted by Gasteiger charge is -2.13. The zero-order valence-electron chi connectivity index (χ0n) is 12.3. The van der Waals surface area contributed by atoms with Crippen molar-refractivity contribution in [3.05, 3.63) is 54.1 Å². The number of anilines is 1. The van der Waals surface area contributed by atoms with Crippen LogP contribution in [0.15, 0.2) is 52.8 Å². The molecule has 0 bridgehead atoms. The molecule has 1 N–H and O–H groups in total. The van der Waals surface area contributed by atoms with Gasteiger partial charge in [-0.1, -0.05) is 0 Å². The minimum atomic E-state index is 0.158. The van der Waals surface area contributed by atoms with E-state index in [1.54, 1.807) is 19.4 Å². The van der Waals surface area contributed by atoms with Crippen LogP contribution < -0.4 is 14.8 Å². The molecule has 0 fully saturated rings. The van der Waals surface area contributed by atoms with Gasteiger partial charge in [0.15, 0.2) is 17.3 Å². The quantitative estimate of drug-likeness (QED) is 0.884. The average molecular weight is 299 g/mol. The van der Waals surface area contributed by atoms with Gasteiger partial charge in [-0.3, -0.25) is 4.79 Å². The first-order chi connectivity index (χ1) is 10.7. The molecule has 0 spiro atoms. The first kappa shape index (κ1) is 14.3. The van der Waals surface area contributed by atoms with E-state index < -0.39 is 0 Å². The van der Waals surface area contributed by atoms with Crippen LogP contribution in [0.25, 0.3) is 0 Å². The van der Waals surface area contributed by atoms with Crippen LogP contribution >= 0.6 is 0 Å². The van der Waals surface area contributed by atoms with Crippen molar-refractivity contribution < 1.29 is 18.7 Å². The molecule has 0 amide bonds. The number of hydrogen-bond donors (Lipinski definition) is 1. The molecule has 1 aromatic heterocycles. The molecule has 2 aromatic rings. The van der Waals surface area contributed by atoms with Gasteiger partial charge >= 0.3 is 0 Å². The third kappa shape index (κ3) is 3.31. The summed E-state index contributed by atoms with van der Waals surface area (Å²) in [5.41, 5.74) is 1.78. The maximum Gasteiger partial charge on any atom is 0.163 e. The molecule has 1 aliphatic carbocycles. The molecule has 3 rings (SSSR count). The SMILES string of the molecule is COc1ccc(NC2=CC(=O)CC2)cc1OCc1ccco1. The van der Waals surface area contributed by atoms with Crippen molar-refractivity contribution in [3.8, 4) is 11.5 Å². The molecule has 0 saturated carbocycles. The van der Waals surface area contributed by atoms with E-state index in [1.165, 1.54) is 0 Å². The lowest BCUT2D eigenvalue weighted by molar-refractivity contribution is -0.114. The molecule has 0 radical (unpaired) electrons. The Morgan fingerprint density at radius 1 is 1.23 bits per heavy atom. The number of benzene rings is 1. The zero-order valence-corrected chi connectivity index (χ0v) is 12.3.